The van der Waals surface area contributed by atoms with E-state index in [4.69, 9.17) is 9.84 Å². The SMILES string of the molecule is O=C(O)CC1CCC1NC(=O)OCC1c2ccccc2-c2ccccc21. The molecule has 2 unspecified atom stereocenters. The van der Waals surface area contributed by atoms with E-state index in [1.165, 1.54) is 22.3 Å². The number of fused-ring (bicyclic) bond motifs is 3. The number of nitrogens with one attached hydrogen (secondary N) is 1. The van der Waals surface area contributed by atoms with Gasteiger partial charge in [-0.1, -0.05) is 48.5 Å². The topological polar surface area (TPSA) is 75.6 Å². The molecule has 2 N–H and O–H groups in total. The summed E-state index contributed by atoms with van der Waals surface area (Å²) in [5, 5.41) is 11.7. The summed E-state index contributed by atoms with van der Waals surface area (Å²) in [4.78, 5) is 23.0. The molecule has 1 amide bonds. The van der Waals surface area contributed by atoms with Gasteiger partial charge in [-0.25, -0.2) is 4.79 Å². The predicted molar refractivity (Wildman–Crippen MR) is 97.0 cm³/mol. The third-order valence-electron chi connectivity index (χ3n) is 5.50. The molecule has 2 aromatic rings. The highest BCUT2D eigenvalue weighted by atomic mass is 16.5. The lowest BCUT2D eigenvalue weighted by Crippen LogP contribution is -2.47. The van der Waals surface area contributed by atoms with E-state index in [9.17, 15) is 9.59 Å². The maximum Gasteiger partial charge on any atom is 0.407 e. The Morgan fingerprint density at radius 1 is 1.00 bits per heavy atom. The quantitative estimate of drug-likeness (QED) is 0.860. The van der Waals surface area contributed by atoms with Crippen molar-refractivity contribution in [1.29, 1.82) is 0 Å². The number of carbonyl (C=O) groups excluding carboxylic acids is 1. The molecule has 0 saturated heterocycles. The van der Waals surface area contributed by atoms with Crippen LogP contribution in [0.15, 0.2) is 48.5 Å². The van der Waals surface area contributed by atoms with Gasteiger partial charge in [-0.15, -0.1) is 0 Å². The van der Waals surface area contributed by atoms with Gasteiger partial charge in [0.1, 0.15) is 6.61 Å². The number of benzene rings is 2. The normalized spacial score (nSPS) is 20.6. The van der Waals surface area contributed by atoms with Gasteiger partial charge < -0.3 is 15.2 Å². The Morgan fingerprint density at radius 2 is 1.62 bits per heavy atom. The Hall–Kier alpha value is -2.82. The molecule has 134 valence electrons. The monoisotopic (exact) mass is 351 g/mol. The van der Waals surface area contributed by atoms with E-state index in [1.54, 1.807) is 0 Å². The average Bonchev–Trinajstić information content (AvgIpc) is 2.96. The Labute approximate surface area is 152 Å². The largest absolute Gasteiger partial charge is 0.481 e. The second-order valence-corrected chi connectivity index (χ2v) is 7.01. The molecule has 0 aromatic heterocycles. The summed E-state index contributed by atoms with van der Waals surface area (Å²) >= 11 is 0. The van der Waals surface area contributed by atoms with Crippen molar-refractivity contribution in [3.8, 4) is 11.1 Å². The third-order valence-corrected chi connectivity index (χ3v) is 5.50. The van der Waals surface area contributed by atoms with Crippen molar-refractivity contribution < 1.29 is 19.4 Å². The molecule has 1 saturated carbocycles. The van der Waals surface area contributed by atoms with Gasteiger partial charge in [0.25, 0.3) is 0 Å². The van der Waals surface area contributed by atoms with Crippen molar-refractivity contribution in [1.82, 2.24) is 5.32 Å². The van der Waals surface area contributed by atoms with Crippen LogP contribution in [0, 0.1) is 5.92 Å². The maximum absolute atomic E-state index is 12.2. The standard InChI is InChI=1S/C21H21NO4/c23-20(24)11-13-9-10-19(13)22-21(25)26-12-18-16-7-3-1-5-14(16)15-6-2-4-8-17(15)18/h1-8,13,18-19H,9-12H2,(H,22,25)(H,23,24). The molecule has 2 atom stereocenters. The number of alkyl carbamates (subject to hydrolysis) is 1. The van der Waals surface area contributed by atoms with Crippen molar-refractivity contribution in [2.45, 2.75) is 31.2 Å². The maximum atomic E-state index is 12.2. The van der Waals surface area contributed by atoms with Crippen molar-refractivity contribution in [2.24, 2.45) is 5.92 Å². The van der Waals surface area contributed by atoms with Crippen LogP contribution in [-0.2, 0) is 9.53 Å². The van der Waals surface area contributed by atoms with E-state index < -0.39 is 12.1 Å². The van der Waals surface area contributed by atoms with Crippen LogP contribution in [-0.4, -0.2) is 29.8 Å². The van der Waals surface area contributed by atoms with Crippen LogP contribution in [0.3, 0.4) is 0 Å². The molecule has 2 aliphatic carbocycles. The zero-order valence-corrected chi connectivity index (χ0v) is 14.4. The first-order chi connectivity index (χ1) is 12.6. The molecular weight excluding hydrogens is 330 g/mol. The van der Waals surface area contributed by atoms with Crippen LogP contribution in [0.4, 0.5) is 4.79 Å². The van der Waals surface area contributed by atoms with E-state index in [-0.39, 0.29) is 30.9 Å². The molecule has 5 nitrogen and oxygen atoms in total. The number of amides is 1. The van der Waals surface area contributed by atoms with Crippen LogP contribution in [0.1, 0.15) is 36.3 Å². The fourth-order valence-electron chi connectivity index (χ4n) is 4.02. The van der Waals surface area contributed by atoms with Crippen LogP contribution in [0.25, 0.3) is 11.1 Å². The number of carbonyl (C=O) groups is 2. The second kappa shape index (κ2) is 6.83. The van der Waals surface area contributed by atoms with E-state index in [0.717, 1.165) is 12.8 Å². The molecule has 2 aromatic carbocycles. The van der Waals surface area contributed by atoms with Gasteiger partial charge in [-0.2, -0.15) is 0 Å². The first kappa shape index (κ1) is 16.6. The Balaban J connectivity index is 1.40. The van der Waals surface area contributed by atoms with E-state index >= 15 is 0 Å². The predicted octanol–water partition coefficient (Wildman–Crippen LogP) is 3.78. The Bertz CT molecular complexity index is 802. The fourth-order valence-corrected chi connectivity index (χ4v) is 4.02. The molecule has 4 rings (SSSR count). The molecule has 1 fully saturated rings. The molecule has 26 heavy (non-hydrogen) atoms. The summed E-state index contributed by atoms with van der Waals surface area (Å²) in [7, 11) is 0. The minimum atomic E-state index is -0.825. The molecule has 0 aliphatic heterocycles. The Morgan fingerprint density at radius 3 is 2.15 bits per heavy atom. The first-order valence-electron chi connectivity index (χ1n) is 8.97. The van der Waals surface area contributed by atoms with Crippen molar-refractivity contribution in [2.75, 3.05) is 6.61 Å². The molecule has 0 radical (unpaired) electrons. The molecule has 5 heteroatoms. The van der Waals surface area contributed by atoms with Crippen molar-refractivity contribution in [3.05, 3.63) is 59.7 Å². The molecule has 2 aliphatic rings. The number of aliphatic carboxylic acids is 1. The smallest absolute Gasteiger partial charge is 0.407 e. The molecular formula is C21H21NO4. The number of carboxylic acid groups (broad SMARTS) is 1. The summed E-state index contributed by atoms with van der Waals surface area (Å²) in [6, 6.07) is 16.3. The first-order valence-corrected chi connectivity index (χ1v) is 8.97. The Kier molecular flexibility index (Phi) is 4.37. The van der Waals surface area contributed by atoms with E-state index in [2.05, 4.69) is 29.6 Å². The summed E-state index contributed by atoms with van der Waals surface area (Å²) in [6.07, 6.45) is 1.27. The van der Waals surface area contributed by atoms with E-state index in [0.29, 0.717) is 0 Å². The van der Waals surface area contributed by atoms with Gasteiger partial charge in [0.05, 0.1) is 6.42 Å². The second-order valence-electron chi connectivity index (χ2n) is 7.01. The average molecular weight is 351 g/mol. The number of ether oxygens (including phenoxy) is 1. The van der Waals surface area contributed by atoms with Crippen LogP contribution in [0.5, 0.6) is 0 Å². The van der Waals surface area contributed by atoms with Crippen molar-refractivity contribution in [3.63, 3.8) is 0 Å². The van der Waals surface area contributed by atoms with Crippen LogP contribution in [0.2, 0.25) is 0 Å². The highest BCUT2D eigenvalue weighted by Crippen LogP contribution is 2.44. The summed E-state index contributed by atoms with van der Waals surface area (Å²) < 4.78 is 5.50. The number of hydrogen-bond acceptors (Lipinski definition) is 3. The fraction of sp³-hybridized carbons (Fsp3) is 0.333. The van der Waals surface area contributed by atoms with Crippen LogP contribution >= 0.6 is 0 Å². The summed E-state index contributed by atoms with van der Waals surface area (Å²) in [5.41, 5.74) is 4.73. The van der Waals surface area contributed by atoms with Gasteiger partial charge in [-0.05, 0) is 41.0 Å². The lowest BCUT2D eigenvalue weighted by Gasteiger charge is -2.35. The zero-order chi connectivity index (χ0) is 18.1. The minimum absolute atomic E-state index is 0.00739. The van der Waals surface area contributed by atoms with Gasteiger partial charge in [0, 0.05) is 12.0 Å². The highest BCUT2D eigenvalue weighted by Gasteiger charge is 2.34. The molecule has 0 spiro atoms. The zero-order valence-electron chi connectivity index (χ0n) is 14.4. The van der Waals surface area contributed by atoms with Gasteiger partial charge in [0.2, 0.25) is 0 Å². The highest BCUT2D eigenvalue weighted by molar-refractivity contribution is 5.79. The molecule has 0 heterocycles. The number of hydrogen-bond donors (Lipinski definition) is 2. The van der Waals surface area contributed by atoms with E-state index in [1.807, 2.05) is 24.3 Å². The van der Waals surface area contributed by atoms with Crippen molar-refractivity contribution >= 4 is 12.1 Å². The lowest BCUT2D eigenvalue weighted by molar-refractivity contribution is -0.139. The van der Waals surface area contributed by atoms with Gasteiger partial charge >= 0.3 is 12.1 Å². The number of rotatable bonds is 5. The van der Waals surface area contributed by atoms with Gasteiger partial charge in [0.15, 0.2) is 0 Å². The van der Waals surface area contributed by atoms with Crippen LogP contribution < -0.4 is 5.32 Å². The lowest BCUT2D eigenvalue weighted by atomic mass is 9.77. The third kappa shape index (κ3) is 3.05. The summed E-state index contributed by atoms with van der Waals surface area (Å²) in [6.45, 7) is 0.274. The molecule has 0 bridgehead atoms. The summed E-state index contributed by atoms with van der Waals surface area (Å²) in [5.74, 6) is -0.786. The minimum Gasteiger partial charge on any atom is -0.481 e. The number of carboxylic acids is 1. The van der Waals surface area contributed by atoms with Gasteiger partial charge in [-0.3, -0.25) is 4.79 Å².